The van der Waals surface area contributed by atoms with Crippen molar-refractivity contribution < 1.29 is 9.84 Å². The number of piperidine rings is 1. The number of hydrogen-bond donors (Lipinski definition) is 1. The Kier molecular flexibility index (Phi) is 5.53. The van der Waals surface area contributed by atoms with E-state index in [1.54, 1.807) is 29.2 Å². The molecule has 3 saturated heterocycles. The predicted molar refractivity (Wildman–Crippen MR) is 140 cm³/mol. The van der Waals surface area contributed by atoms with Crippen LogP contribution in [0.3, 0.4) is 0 Å². The van der Waals surface area contributed by atoms with Crippen LogP contribution in [0, 0.1) is 11.3 Å². The lowest BCUT2D eigenvalue weighted by Crippen LogP contribution is -2.68. The van der Waals surface area contributed by atoms with Crippen LogP contribution in [0.25, 0.3) is 22.3 Å². The SMILES string of the molecule is N#Cc1cnn2cc(C3=CCOCC3)cc(-c3cnc(N4CC5CC(C4)N5Cc4ccc(O)nc4)cn3)c12. The lowest BCUT2D eigenvalue weighted by Gasteiger charge is -2.56. The summed E-state index contributed by atoms with van der Waals surface area (Å²) in [5.74, 6) is 0.915. The van der Waals surface area contributed by atoms with Gasteiger partial charge < -0.3 is 14.7 Å². The number of nitriles is 1. The van der Waals surface area contributed by atoms with Gasteiger partial charge >= 0.3 is 0 Å². The first-order chi connectivity index (χ1) is 18.7. The number of nitrogens with zero attached hydrogens (tertiary/aromatic N) is 8. The minimum Gasteiger partial charge on any atom is -0.493 e. The van der Waals surface area contributed by atoms with Crippen LogP contribution in [0.5, 0.6) is 5.88 Å². The zero-order valence-electron chi connectivity index (χ0n) is 20.7. The van der Waals surface area contributed by atoms with Crippen molar-refractivity contribution in [2.45, 2.75) is 31.5 Å². The Bertz CT molecular complexity index is 1560. The number of ether oxygens (including phenoxy) is 1. The molecule has 8 heterocycles. The number of aromatic hydroxyl groups is 1. The third-order valence-corrected chi connectivity index (χ3v) is 7.82. The van der Waals surface area contributed by atoms with Crippen molar-refractivity contribution in [2.24, 2.45) is 0 Å². The molecule has 38 heavy (non-hydrogen) atoms. The van der Waals surface area contributed by atoms with Gasteiger partial charge in [0.05, 0.1) is 48.6 Å². The normalized spacial score (nSPS) is 21.1. The summed E-state index contributed by atoms with van der Waals surface area (Å²) in [7, 11) is 0. The average Bonchev–Trinajstić information content (AvgIpc) is 3.40. The molecule has 2 atom stereocenters. The topological polar surface area (TPSA) is 116 Å². The zero-order valence-corrected chi connectivity index (χ0v) is 20.7. The second-order valence-corrected chi connectivity index (χ2v) is 10.1. The fourth-order valence-corrected chi connectivity index (χ4v) is 5.84. The van der Waals surface area contributed by atoms with Crippen LogP contribution in [0.1, 0.15) is 29.5 Å². The number of pyridine rings is 2. The van der Waals surface area contributed by atoms with Gasteiger partial charge in [0.2, 0.25) is 5.88 Å². The fourth-order valence-electron chi connectivity index (χ4n) is 5.84. The van der Waals surface area contributed by atoms with Crippen molar-refractivity contribution in [3.63, 3.8) is 0 Å². The first-order valence-corrected chi connectivity index (χ1v) is 12.8. The predicted octanol–water partition coefficient (Wildman–Crippen LogP) is 3.03. The molecule has 0 aliphatic carbocycles. The van der Waals surface area contributed by atoms with E-state index < -0.39 is 0 Å². The highest BCUT2D eigenvalue weighted by Crippen LogP contribution is 2.36. The van der Waals surface area contributed by atoms with Crippen molar-refractivity contribution in [1.29, 1.82) is 5.26 Å². The molecule has 190 valence electrons. The molecule has 0 radical (unpaired) electrons. The quantitative estimate of drug-likeness (QED) is 0.436. The zero-order chi connectivity index (χ0) is 25.6. The Labute approximate surface area is 219 Å². The molecular weight excluding hydrogens is 480 g/mol. The van der Waals surface area contributed by atoms with E-state index in [2.05, 4.69) is 38.1 Å². The van der Waals surface area contributed by atoms with Crippen molar-refractivity contribution in [3.8, 4) is 23.2 Å². The van der Waals surface area contributed by atoms with E-state index in [1.807, 2.05) is 18.5 Å². The minimum absolute atomic E-state index is 0.0518. The number of piperazine rings is 1. The molecule has 0 saturated carbocycles. The highest BCUT2D eigenvalue weighted by atomic mass is 16.5. The second kappa shape index (κ2) is 9.20. The summed E-state index contributed by atoms with van der Waals surface area (Å²) in [6.07, 6.45) is 13.1. The molecule has 0 aromatic carbocycles. The van der Waals surface area contributed by atoms with Crippen LogP contribution in [0.4, 0.5) is 5.82 Å². The second-order valence-electron chi connectivity index (χ2n) is 10.1. The smallest absolute Gasteiger partial charge is 0.210 e. The average molecular weight is 507 g/mol. The van der Waals surface area contributed by atoms with Gasteiger partial charge in [0.25, 0.3) is 0 Å². The molecule has 2 unspecified atom stereocenters. The number of aromatic nitrogens is 5. The third kappa shape index (κ3) is 3.97. The van der Waals surface area contributed by atoms with Crippen LogP contribution in [0.2, 0.25) is 0 Å². The van der Waals surface area contributed by atoms with Crippen molar-refractivity contribution in [1.82, 2.24) is 29.5 Å². The summed E-state index contributed by atoms with van der Waals surface area (Å²) >= 11 is 0. The van der Waals surface area contributed by atoms with Gasteiger partial charge in [-0.3, -0.25) is 9.88 Å². The maximum Gasteiger partial charge on any atom is 0.210 e. The van der Waals surface area contributed by atoms with Crippen LogP contribution in [-0.2, 0) is 11.3 Å². The standard InChI is InChI=1S/C28H26N8O2/c29-9-21-11-33-36-15-20(19-3-5-38-6-4-19)7-24(28(21)36)25-12-31-26(13-30-25)34-16-22-8-23(17-34)35(22)14-18-1-2-27(37)32-10-18/h1-3,7,10-13,15,22-23H,4-6,8,14,16-17H2,(H,32,37). The molecule has 1 N–H and O–H groups in total. The van der Waals surface area contributed by atoms with Gasteiger partial charge in [-0.25, -0.2) is 14.5 Å². The molecule has 10 heteroatoms. The summed E-state index contributed by atoms with van der Waals surface area (Å²) in [6, 6.07) is 8.83. The van der Waals surface area contributed by atoms with Crippen molar-refractivity contribution in [3.05, 3.63) is 71.9 Å². The molecular formula is C28H26N8O2. The summed E-state index contributed by atoms with van der Waals surface area (Å²) in [4.78, 5) is 18.4. The van der Waals surface area contributed by atoms with E-state index in [0.29, 0.717) is 36.6 Å². The lowest BCUT2D eigenvalue weighted by atomic mass is 9.87. The molecule has 4 aromatic heterocycles. The third-order valence-electron chi connectivity index (χ3n) is 7.82. The number of hydrogen-bond acceptors (Lipinski definition) is 9. The highest BCUT2D eigenvalue weighted by molar-refractivity contribution is 5.85. The minimum atomic E-state index is 0.0518. The first-order valence-electron chi connectivity index (χ1n) is 12.8. The van der Waals surface area contributed by atoms with Gasteiger partial charge in [0.15, 0.2) is 0 Å². The van der Waals surface area contributed by atoms with E-state index in [4.69, 9.17) is 14.7 Å². The van der Waals surface area contributed by atoms with Gasteiger partial charge in [-0.05, 0) is 35.6 Å². The van der Waals surface area contributed by atoms with Gasteiger partial charge in [0, 0.05) is 55.7 Å². The fraction of sp³-hybridized carbons (Fsp3) is 0.321. The largest absolute Gasteiger partial charge is 0.493 e. The number of fused-ring (bicyclic) bond motifs is 3. The Morgan fingerprint density at radius 1 is 1.08 bits per heavy atom. The van der Waals surface area contributed by atoms with Crippen LogP contribution < -0.4 is 4.90 Å². The van der Waals surface area contributed by atoms with Crippen LogP contribution in [0.15, 0.2) is 55.3 Å². The molecule has 3 fully saturated rings. The summed E-state index contributed by atoms with van der Waals surface area (Å²) in [6.45, 7) is 3.92. The number of rotatable bonds is 5. The Balaban J connectivity index is 1.13. The Hall–Kier alpha value is -4.33. The first kappa shape index (κ1) is 22.8. The molecule has 4 aliphatic heterocycles. The Morgan fingerprint density at radius 3 is 2.68 bits per heavy atom. The summed E-state index contributed by atoms with van der Waals surface area (Å²) in [5, 5.41) is 23.6. The van der Waals surface area contributed by atoms with Gasteiger partial charge in [-0.2, -0.15) is 10.4 Å². The molecule has 8 rings (SSSR count). The van der Waals surface area contributed by atoms with Gasteiger partial charge in [0.1, 0.15) is 11.9 Å². The lowest BCUT2D eigenvalue weighted by molar-refractivity contribution is -0.00878. The van der Waals surface area contributed by atoms with E-state index in [1.165, 1.54) is 12.0 Å². The van der Waals surface area contributed by atoms with E-state index in [9.17, 15) is 10.4 Å². The van der Waals surface area contributed by atoms with Crippen LogP contribution in [-0.4, -0.2) is 73.0 Å². The van der Waals surface area contributed by atoms with Crippen molar-refractivity contribution >= 4 is 16.9 Å². The highest BCUT2D eigenvalue weighted by Gasteiger charge is 2.44. The molecule has 4 aromatic rings. The Morgan fingerprint density at radius 2 is 1.97 bits per heavy atom. The summed E-state index contributed by atoms with van der Waals surface area (Å²) < 4.78 is 7.25. The van der Waals surface area contributed by atoms with Crippen LogP contribution >= 0.6 is 0 Å². The monoisotopic (exact) mass is 506 g/mol. The number of anilines is 1. The van der Waals surface area contributed by atoms with Gasteiger partial charge in [-0.15, -0.1) is 0 Å². The summed E-state index contributed by atoms with van der Waals surface area (Å²) in [5.41, 5.74) is 6.18. The maximum atomic E-state index is 9.69. The maximum absolute atomic E-state index is 9.69. The van der Waals surface area contributed by atoms with Crippen molar-refractivity contribution in [2.75, 3.05) is 31.2 Å². The molecule has 10 nitrogen and oxygen atoms in total. The molecule has 4 aliphatic rings. The van der Waals surface area contributed by atoms with E-state index >= 15 is 0 Å². The van der Waals surface area contributed by atoms with E-state index in [-0.39, 0.29) is 5.88 Å². The molecule has 0 spiro atoms. The molecule has 0 amide bonds. The molecule has 2 bridgehead atoms. The van der Waals surface area contributed by atoms with Gasteiger partial charge in [-0.1, -0.05) is 12.1 Å². The van der Waals surface area contributed by atoms with E-state index in [0.717, 1.165) is 54.1 Å².